The molecular weight excluding hydrogens is 242 g/mol. The lowest BCUT2D eigenvalue weighted by Crippen LogP contribution is -2.42. The van der Waals surface area contributed by atoms with Gasteiger partial charge in [-0.1, -0.05) is 0 Å². The standard InChI is InChI=1S/C10H13N3O3S/c11-10-12-7(5-17-10)8(14)13-3-1-2-6(4-13)9(15)16/h5-6H,1-4H2,(H2,11,12)(H,15,16)/t6-/m0/s1. The molecule has 17 heavy (non-hydrogen) atoms. The van der Waals surface area contributed by atoms with Gasteiger partial charge in [-0.2, -0.15) is 0 Å². The molecule has 7 heteroatoms. The first-order valence-electron chi connectivity index (χ1n) is 5.31. The molecule has 1 aromatic rings. The predicted molar refractivity (Wildman–Crippen MR) is 62.8 cm³/mol. The number of nitrogens with two attached hydrogens (primary N) is 1. The van der Waals surface area contributed by atoms with Gasteiger partial charge in [-0.3, -0.25) is 9.59 Å². The fraction of sp³-hybridized carbons (Fsp3) is 0.500. The van der Waals surface area contributed by atoms with Gasteiger partial charge in [-0.15, -0.1) is 11.3 Å². The molecular formula is C10H13N3O3S. The first-order chi connectivity index (χ1) is 8.08. The van der Waals surface area contributed by atoms with Gasteiger partial charge < -0.3 is 15.7 Å². The second-order valence-corrected chi connectivity index (χ2v) is 4.89. The third-order valence-electron chi connectivity index (χ3n) is 2.80. The molecule has 1 amide bonds. The molecule has 1 aromatic heterocycles. The van der Waals surface area contributed by atoms with Crippen LogP contribution in [0.5, 0.6) is 0 Å². The van der Waals surface area contributed by atoms with E-state index in [9.17, 15) is 9.59 Å². The van der Waals surface area contributed by atoms with Crippen molar-refractivity contribution in [1.29, 1.82) is 0 Å². The van der Waals surface area contributed by atoms with Gasteiger partial charge in [0.25, 0.3) is 5.91 Å². The SMILES string of the molecule is Nc1nc(C(=O)N2CCC[C@H](C(=O)O)C2)cs1. The Hall–Kier alpha value is -1.63. The van der Waals surface area contributed by atoms with Gasteiger partial charge in [-0.05, 0) is 12.8 Å². The van der Waals surface area contributed by atoms with Crippen LogP contribution in [0.25, 0.3) is 0 Å². The van der Waals surface area contributed by atoms with Crippen LogP contribution in [0.2, 0.25) is 0 Å². The number of nitrogen functional groups attached to an aromatic ring is 1. The van der Waals surface area contributed by atoms with Crippen LogP contribution in [0, 0.1) is 5.92 Å². The van der Waals surface area contributed by atoms with Crippen molar-refractivity contribution < 1.29 is 14.7 Å². The van der Waals surface area contributed by atoms with E-state index in [1.807, 2.05) is 0 Å². The number of hydrogen-bond donors (Lipinski definition) is 2. The van der Waals surface area contributed by atoms with Crippen molar-refractivity contribution in [2.75, 3.05) is 18.8 Å². The van der Waals surface area contributed by atoms with Crippen LogP contribution < -0.4 is 5.73 Å². The molecule has 0 aromatic carbocycles. The van der Waals surface area contributed by atoms with E-state index in [0.29, 0.717) is 30.2 Å². The van der Waals surface area contributed by atoms with Crippen LogP contribution in [-0.2, 0) is 4.79 Å². The summed E-state index contributed by atoms with van der Waals surface area (Å²) in [5.41, 5.74) is 5.77. The molecule has 6 nitrogen and oxygen atoms in total. The Morgan fingerprint density at radius 1 is 1.59 bits per heavy atom. The maximum absolute atomic E-state index is 12.0. The molecule has 0 aliphatic carbocycles. The summed E-state index contributed by atoms with van der Waals surface area (Å²) in [5, 5.41) is 10.9. The molecule has 0 spiro atoms. The molecule has 92 valence electrons. The number of anilines is 1. The number of carbonyl (C=O) groups excluding carboxylic acids is 1. The minimum absolute atomic E-state index is 0.232. The number of aromatic nitrogens is 1. The molecule has 0 saturated carbocycles. The molecule has 0 radical (unpaired) electrons. The van der Waals surface area contributed by atoms with Crippen molar-refractivity contribution in [1.82, 2.24) is 9.88 Å². The maximum atomic E-state index is 12.0. The van der Waals surface area contributed by atoms with E-state index in [4.69, 9.17) is 10.8 Å². The lowest BCUT2D eigenvalue weighted by Gasteiger charge is -2.30. The van der Waals surface area contributed by atoms with Gasteiger partial charge in [0.1, 0.15) is 5.69 Å². The number of carboxylic acid groups (broad SMARTS) is 1. The van der Waals surface area contributed by atoms with Crippen molar-refractivity contribution >= 4 is 28.3 Å². The topological polar surface area (TPSA) is 96.5 Å². The number of likely N-dealkylation sites (tertiary alicyclic amines) is 1. The maximum Gasteiger partial charge on any atom is 0.308 e. The van der Waals surface area contributed by atoms with Crippen LogP contribution in [0.1, 0.15) is 23.3 Å². The van der Waals surface area contributed by atoms with E-state index in [-0.39, 0.29) is 12.5 Å². The molecule has 1 aliphatic rings. The van der Waals surface area contributed by atoms with Crippen molar-refractivity contribution in [3.63, 3.8) is 0 Å². The quantitative estimate of drug-likeness (QED) is 0.809. The van der Waals surface area contributed by atoms with E-state index in [0.717, 1.165) is 0 Å². The fourth-order valence-corrected chi connectivity index (χ4v) is 2.45. The van der Waals surface area contributed by atoms with E-state index in [1.165, 1.54) is 16.2 Å². The van der Waals surface area contributed by atoms with Gasteiger partial charge in [-0.25, -0.2) is 4.98 Å². The van der Waals surface area contributed by atoms with Gasteiger partial charge in [0.05, 0.1) is 5.92 Å². The average Bonchev–Trinajstić information content (AvgIpc) is 2.75. The van der Waals surface area contributed by atoms with E-state index in [2.05, 4.69) is 4.98 Å². The van der Waals surface area contributed by atoms with Gasteiger partial charge in [0, 0.05) is 18.5 Å². The van der Waals surface area contributed by atoms with Crippen molar-refractivity contribution in [2.45, 2.75) is 12.8 Å². The number of thiazole rings is 1. The Balaban J connectivity index is 2.07. The predicted octanol–water partition coefficient (Wildman–Crippen LogP) is 0.662. The Morgan fingerprint density at radius 2 is 2.35 bits per heavy atom. The monoisotopic (exact) mass is 255 g/mol. The van der Waals surface area contributed by atoms with E-state index < -0.39 is 11.9 Å². The summed E-state index contributed by atoms with van der Waals surface area (Å²) in [6.07, 6.45) is 1.33. The summed E-state index contributed by atoms with van der Waals surface area (Å²) in [7, 11) is 0. The highest BCUT2D eigenvalue weighted by Crippen LogP contribution is 2.20. The van der Waals surface area contributed by atoms with Crippen LogP contribution in [0.15, 0.2) is 5.38 Å². The van der Waals surface area contributed by atoms with Crippen LogP contribution in [0.3, 0.4) is 0 Å². The zero-order chi connectivity index (χ0) is 12.4. The summed E-state index contributed by atoms with van der Waals surface area (Å²) in [6.45, 7) is 0.839. The number of hydrogen-bond acceptors (Lipinski definition) is 5. The summed E-state index contributed by atoms with van der Waals surface area (Å²) in [4.78, 5) is 28.3. The first-order valence-corrected chi connectivity index (χ1v) is 6.19. The summed E-state index contributed by atoms with van der Waals surface area (Å²) in [5.74, 6) is -1.55. The molecule has 1 saturated heterocycles. The summed E-state index contributed by atoms with van der Waals surface area (Å²) < 4.78 is 0. The molecule has 0 unspecified atom stereocenters. The zero-order valence-electron chi connectivity index (χ0n) is 9.13. The largest absolute Gasteiger partial charge is 0.481 e. The van der Waals surface area contributed by atoms with Crippen molar-refractivity contribution in [3.8, 4) is 0 Å². The Labute approximate surface area is 102 Å². The number of amides is 1. The Kier molecular flexibility index (Phi) is 3.28. The number of nitrogens with zero attached hydrogens (tertiary/aromatic N) is 2. The zero-order valence-corrected chi connectivity index (χ0v) is 9.94. The number of aliphatic carboxylic acids is 1. The second kappa shape index (κ2) is 4.70. The summed E-state index contributed by atoms with van der Waals surface area (Å²) in [6, 6.07) is 0. The molecule has 1 fully saturated rings. The fourth-order valence-electron chi connectivity index (χ4n) is 1.91. The lowest BCUT2D eigenvalue weighted by atomic mass is 9.98. The highest BCUT2D eigenvalue weighted by molar-refractivity contribution is 7.13. The Bertz CT molecular complexity index is 446. The van der Waals surface area contributed by atoms with Crippen molar-refractivity contribution in [3.05, 3.63) is 11.1 Å². The average molecular weight is 255 g/mol. The number of rotatable bonds is 2. The van der Waals surface area contributed by atoms with Gasteiger partial charge >= 0.3 is 5.97 Å². The highest BCUT2D eigenvalue weighted by atomic mass is 32.1. The lowest BCUT2D eigenvalue weighted by molar-refractivity contribution is -0.143. The molecule has 0 bridgehead atoms. The molecule has 1 atom stereocenters. The third kappa shape index (κ3) is 2.55. The molecule has 1 aliphatic heterocycles. The molecule has 2 rings (SSSR count). The smallest absolute Gasteiger partial charge is 0.308 e. The normalized spacial score (nSPS) is 20.2. The van der Waals surface area contributed by atoms with Gasteiger partial charge in [0.15, 0.2) is 5.13 Å². The van der Waals surface area contributed by atoms with Crippen LogP contribution >= 0.6 is 11.3 Å². The Morgan fingerprint density at radius 3 is 2.94 bits per heavy atom. The third-order valence-corrected chi connectivity index (χ3v) is 3.47. The highest BCUT2D eigenvalue weighted by Gasteiger charge is 2.29. The van der Waals surface area contributed by atoms with Crippen LogP contribution in [-0.4, -0.2) is 40.0 Å². The molecule has 2 heterocycles. The number of carbonyl (C=O) groups is 2. The minimum atomic E-state index is -0.847. The first kappa shape index (κ1) is 11.8. The molecule has 3 N–H and O–H groups in total. The van der Waals surface area contributed by atoms with E-state index in [1.54, 1.807) is 5.38 Å². The second-order valence-electron chi connectivity index (χ2n) is 4.00. The van der Waals surface area contributed by atoms with Gasteiger partial charge in [0.2, 0.25) is 0 Å². The van der Waals surface area contributed by atoms with E-state index >= 15 is 0 Å². The number of carboxylic acids is 1. The summed E-state index contributed by atoms with van der Waals surface area (Å²) >= 11 is 1.21. The minimum Gasteiger partial charge on any atom is -0.481 e. The van der Waals surface area contributed by atoms with Crippen LogP contribution in [0.4, 0.5) is 5.13 Å². The number of piperidine rings is 1. The van der Waals surface area contributed by atoms with Crippen molar-refractivity contribution in [2.24, 2.45) is 5.92 Å².